The van der Waals surface area contributed by atoms with Gasteiger partial charge in [0.2, 0.25) is 0 Å². The Balaban J connectivity index is 2.55. The molecule has 0 saturated heterocycles. The van der Waals surface area contributed by atoms with Crippen molar-refractivity contribution in [3.8, 4) is 0 Å². The summed E-state index contributed by atoms with van der Waals surface area (Å²) in [6, 6.07) is 6.30. The van der Waals surface area contributed by atoms with E-state index in [4.69, 9.17) is 23.2 Å². The van der Waals surface area contributed by atoms with Crippen molar-refractivity contribution in [1.29, 1.82) is 0 Å². The lowest BCUT2D eigenvalue weighted by Gasteiger charge is -2.22. The van der Waals surface area contributed by atoms with Crippen LogP contribution in [0.3, 0.4) is 0 Å². The maximum Gasteiger partial charge on any atom is 0.0452 e. The van der Waals surface area contributed by atoms with Crippen molar-refractivity contribution in [2.75, 3.05) is 6.54 Å². The minimum absolute atomic E-state index is 0.541. The molecule has 1 aromatic carbocycles. The van der Waals surface area contributed by atoms with Gasteiger partial charge in [-0.05, 0) is 42.5 Å². The van der Waals surface area contributed by atoms with Crippen LogP contribution in [0.15, 0.2) is 18.2 Å². The molecule has 0 saturated carbocycles. The van der Waals surface area contributed by atoms with Gasteiger partial charge in [-0.1, -0.05) is 57.0 Å². The zero-order valence-corrected chi connectivity index (χ0v) is 13.1. The maximum absolute atomic E-state index is 6.21. The first-order valence-corrected chi connectivity index (χ1v) is 7.33. The highest BCUT2D eigenvalue weighted by atomic mass is 35.5. The molecule has 1 aromatic rings. The fourth-order valence-corrected chi connectivity index (χ4v) is 2.34. The maximum atomic E-state index is 6.21. The van der Waals surface area contributed by atoms with Crippen LogP contribution in [-0.2, 0) is 6.42 Å². The first kappa shape index (κ1) is 15.8. The smallest absolute Gasteiger partial charge is 0.0452 e. The van der Waals surface area contributed by atoms with Gasteiger partial charge in [-0.2, -0.15) is 0 Å². The first-order valence-electron chi connectivity index (χ1n) is 6.57. The van der Waals surface area contributed by atoms with Gasteiger partial charge in [-0.15, -0.1) is 0 Å². The summed E-state index contributed by atoms with van der Waals surface area (Å²) in [7, 11) is 0. The van der Waals surface area contributed by atoms with Crippen molar-refractivity contribution < 1.29 is 0 Å². The van der Waals surface area contributed by atoms with Gasteiger partial charge in [0.15, 0.2) is 0 Å². The molecule has 2 atom stereocenters. The van der Waals surface area contributed by atoms with Gasteiger partial charge < -0.3 is 5.32 Å². The molecular formula is C15H23Cl2N. The quantitative estimate of drug-likeness (QED) is 0.792. The lowest BCUT2D eigenvalue weighted by molar-refractivity contribution is 0.354. The Morgan fingerprint density at radius 3 is 2.28 bits per heavy atom. The highest BCUT2D eigenvalue weighted by molar-refractivity contribution is 6.35. The molecular weight excluding hydrogens is 265 g/mol. The Morgan fingerprint density at radius 1 is 1.06 bits per heavy atom. The summed E-state index contributed by atoms with van der Waals surface area (Å²) < 4.78 is 0. The first-order chi connectivity index (χ1) is 8.40. The number of rotatable bonds is 6. The van der Waals surface area contributed by atoms with E-state index in [0.717, 1.165) is 18.0 Å². The van der Waals surface area contributed by atoms with Gasteiger partial charge in [-0.3, -0.25) is 0 Å². The third-order valence-corrected chi connectivity index (χ3v) is 3.96. The Hall–Kier alpha value is -0.240. The summed E-state index contributed by atoms with van der Waals surface area (Å²) in [5.41, 5.74) is 1.19. The average Bonchev–Trinajstić information content (AvgIpc) is 2.29. The summed E-state index contributed by atoms with van der Waals surface area (Å²) in [6.45, 7) is 9.95. The molecule has 0 amide bonds. The molecule has 3 heteroatoms. The predicted molar refractivity (Wildman–Crippen MR) is 81.6 cm³/mol. The van der Waals surface area contributed by atoms with Gasteiger partial charge >= 0.3 is 0 Å². The standard InChI is InChI=1S/C15H23Cl2N/c1-10(2)18-9-12(4)11(3)7-13-5-6-14(16)8-15(13)17/h5-6,8,10-12,18H,7,9H2,1-4H3. The van der Waals surface area contributed by atoms with Crippen LogP contribution < -0.4 is 5.32 Å². The molecule has 2 unspecified atom stereocenters. The number of hydrogen-bond donors (Lipinski definition) is 1. The van der Waals surface area contributed by atoms with E-state index in [-0.39, 0.29) is 0 Å². The Morgan fingerprint density at radius 2 is 1.72 bits per heavy atom. The van der Waals surface area contributed by atoms with Crippen LogP contribution in [0.5, 0.6) is 0 Å². The van der Waals surface area contributed by atoms with E-state index in [9.17, 15) is 0 Å². The molecule has 1 nitrogen and oxygen atoms in total. The van der Waals surface area contributed by atoms with Crippen molar-refractivity contribution in [2.45, 2.75) is 40.2 Å². The van der Waals surface area contributed by atoms with Gasteiger partial charge in [0.1, 0.15) is 0 Å². The minimum Gasteiger partial charge on any atom is -0.314 e. The number of halogens is 2. The zero-order chi connectivity index (χ0) is 13.7. The summed E-state index contributed by atoms with van der Waals surface area (Å²) in [4.78, 5) is 0. The number of benzene rings is 1. The number of hydrogen-bond acceptors (Lipinski definition) is 1. The second-order valence-corrected chi connectivity index (χ2v) is 6.30. The van der Waals surface area contributed by atoms with Crippen molar-refractivity contribution in [1.82, 2.24) is 5.32 Å². The van der Waals surface area contributed by atoms with Gasteiger partial charge in [-0.25, -0.2) is 0 Å². The van der Waals surface area contributed by atoms with Gasteiger partial charge in [0.05, 0.1) is 0 Å². The highest BCUT2D eigenvalue weighted by Crippen LogP contribution is 2.25. The average molecular weight is 288 g/mol. The fourth-order valence-electron chi connectivity index (χ4n) is 1.86. The Labute approximate surface area is 121 Å². The predicted octanol–water partition coefficient (Wildman–Crippen LogP) is 4.81. The molecule has 0 fully saturated rings. The second kappa shape index (κ2) is 7.37. The lowest BCUT2D eigenvalue weighted by Crippen LogP contribution is -2.31. The van der Waals surface area contributed by atoms with E-state index < -0.39 is 0 Å². The molecule has 0 bridgehead atoms. The third kappa shape index (κ3) is 5.17. The Bertz CT molecular complexity index is 377. The number of nitrogens with one attached hydrogen (secondary N) is 1. The van der Waals surface area contributed by atoms with E-state index in [0.29, 0.717) is 22.9 Å². The van der Waals surface area contributed by atoms with Crippen LogP contribution in [-0.4, -0.2) is 12.6 Å². The Kier molecular flexibility index (Phi) is 6.48. The molecule has 0 aliphatic rings. The SMILES string of the molecule is CC(C)NCC(C)C(C)Cc1ccc(Cl)cc1Cl. The molecule has 102 valence electrons. The summed E-state index contributed by atoms with van der Waals surface area (Å²) in [5, 5.41) is 4.96. The van der Waals surface area contributed by atoms with Crippen molar-refractivity contribution >= 4 is 23.2 Å². The van der Waals surface area contributed by atoms with Crippen molar-refractivity contribution in [3.63, 3.8) is 0 Å². The molecule has 0 aliphatic heterocycles. The van der Waals surface area contributed by atoms with Crippen LogP contribution in [0, 0.1) is 11.8 Å². The van der Waals surface area contributed by atoms with Crippen molar-refractivity contribution in [3.05, 3.63) is 33.8 Å². The molecule has 0 aliphatic carbocycles. The van der Waals surface area contributed by atoms with E-state index in [2.05, 4.69) is 33.0 Å². The van der Waals surface area contributed by atoms with E-state index >= 15 is 0 Å². The highest BCUT2D eigenvalue weighted by Gasteiger charge is 2.14. The normalized spacial score (nSPS) is 14.8. The van der Waals surface area contributed by atoms with Crippen LogP contribution in [0.25, 0.3) is 0 Å². The van der Waals surface area contributed by atoms with E-state index in [1.165, 1.54) is 5.56 Å². The molecule has 0 radical (unpaired) electrons. The topological polar surface area (TPSA) is 12.0 Å². The van der Waals surface area contributed by atoms with Crippen LogP contribution in [0.2, 0.25) is 10.0 Å². The second-order valence-electron chi connectivity index (χ2n) is 5.46. The summed E-state index contributed by atoms with van der Waals surface area (Å²) in [5.74, 6) is 1.22. The molecule has 1 N–H and O–H groups in total. The molecule has 0 heterocycles. The fraction of sp³-hybridized carbons (Fsp3) is 0.600. The van der Waals surface area contributed by atoms with Crippen molar-refractivity contribution in [2.24, 2.45) is 11.8 Å². The lowest BCUT2D eigenvalue weighted by atomic mass is 9.89. The molecule has 1 rings (SSSR count). The largest absolute Gasteiger partial charge is 0.314 e. The van der Waals surface area contributed by atoms with Crippen LogP contribution in [0.4, 0.5) is 0 Å². The third-order valence-electron chi connectivity index (χ3n) is 3.38. The minimum atomic E-state index is 0.541. The molecule has 0 spiro atoms. The summed E-state index contributed by atoms with van der Waals surface area (Å²) >= 11 is 12.1. The van der Waals surface area contributed by atoms with Gasteiger partial charge in [0.25, 0.3) is 0 Å². The van der Waals surface area contributed by atoms with E-state index in [1.807, 2.05) is 18.2 Å². The summed E-state index contributed by atoms with van der Waals surface area (Å²) in [6.07, 6.45) is 0.997. The van der Waals surface area contributed by atoms with E-state index in [1.54, 1.807) is 0 Å². The van der Waals surface area contributed by atoms with Crippen LogP contribution in [0.1, 0.15) is 33.3 Å². The van der Waals surface area contributed by atoms with Crippen LogP contribution >= 0.6 is 23.2 Å². The monoisotopic (exact) mass is 287 g/mol. The molecule has 18 heavy (non-hydrogen) atoms. The van der Waals surface area contributed by atoms with Gasteiger partial charge in [0, 0.05) is 16.1 Å². The molecule has 0 aromatic heterocycles. The zero-order valence-electron chi connectivity index (χ0n) is 11.6.